The Morgan fingerprint density at radius 1 is 1.08 bits per heavy atom. The summed E-state index contributed by atoms with van der Waals surface area (Å²) in [5.41, 5.74) is 0. The van der Waals surface area contributed by atoms with Crippen molar-refractivity contribution in [1.29, 1.82) is 0 Å². The second kappa shape index (κ2) is 10.8. The monoisotopic (exact) mass is 367 g/mol. The number of rotatable bonds is 7. The highest BCUT2D eigenvalue weighted by Gasteiger charge is 2.32. The van der Waals surface area contributed by atoms with Gasteiger partial charge in [0.1, 0.15) is 0 Å². The predicted octanol–water partition coefficient (Wildman–Crippen LogP) is 1.03. The van der Waals surface area contributed by atoms with E-state index in [2.05, 4.69) is 31.7 Å². The third-order valence-corrected chi connectivity index (χ3v) is 6.03. The number of nitrogens with zero attached hydrogens (tertiary/aromatic N) is 1. The summed E-state index contributed by atoms with van der Waals surface area (Å²) >= 11 is 0. The number of hydrogen-bond acceptors (Lipinski definition) is 2. The van der Waals surface area contributed by atoms with Gasteiger partial charge in [0.25, 0.3) is 0 Å². The Labute approximate surface area is 159 Å². The summed E-state index contributed by atoms with van der Waals surface area (Å²) in [7, 11) is 4.18. The fraction of sp³-hybridized carbons (Fsp3) is 0.900. The molecule has 1 saturated carbocycles. The van der Waals surface area contributed by atoms with Gasteiger partial charge in [-0.1, -0.05) is 32.6 Å². The minimum Gasteiger partial charge on any atom is -0.350 e. The zero-order valence-electron chi connectivity index (χ0n) is 17.0. The van der Waals surface area contributed by atoms with Crippen molar-refractivity contribution in [2.24, 2.45) is 11.8 Å². The normalized spacial score (nSPS) is 24.5. The molecule has 0 bridgehead atoms. The topological polar surface area (TPSA) is 65.9 Å². The maximum absolute atomic E-state index is 12.6. The highest BCUT2D eigenvalue weighted by Crippen LogP contribution is 2.29. The van der Waals surface area contributed by atoms with Crippen molar-refractivity contribution in [3.63, 3.8) is 0 Å². The molecule has 150 valence electrons. The lowest BCUT2D eigenvalue weighted by molar-refractivity contribution is -0.856. The highest BCUT2D eigenvalue weighted by atomic mass is 16.2. The number of piperidine rings is 1. The van der Waals surface area contributed by atoms with Crippen LogP contribution >= 0.6 is 0 Å². The number of amides is 3. The number of likely N-dealkylation sites (N-methyl/N-ethyl adjacent to an activating group) is 1. The van der Waals surface area contributed by atoms with Crippen molar-refractivity contribution < 1.29 is 14.5 Å². The fourth-order valence-corrected chi connectivity index (χ4v) is 4.27. The number of carbonyl (C=O) groups excluding carboxylic acids is 2. The van der Waals surface area contributed by atoms with Gasteiger partial charge in [-0.2, -0.15) is 0 Å². The minimum absolute atomic E-state index is 0.104. The van der Waals surface area contributed by atoms with E-state index in [1.54, 1.807) is 0 Å². The van der Waals surface area contributed by atoms with E-state index in [4.69, 9.17) is 0 Å². The molecule has 0 unspecified atom stereocenters. The van der Waals surface area contributed by atoms with Gasteiger partial charge in [-0.3, -0.25) is 4.79 Å². The number of nitrogens with one attached hydrogen (secondary N) is 3. The minimum atomic E-state index is 0.104. The van der Waals surface area contributed by atoms with Crippen LogP contribution in [0.4, 0.5) is 4.79 Å². The van der Waals surface area contributed by atoms with Crippen LogP contribution in [0.3, 0.4) is 0 Å². The molecule has 0 aromatic heterocycles. The van der Waals surface area contributed by atoms with Crippen LogP contribution in [-0.4, -0.2) is 63.2 Å². The first kappa shape index (κ1) is 21.0. The molecule has 6 nitrogen and oxygen atoms in total. The SMILES string of the molecule is CC[C@H]1CN(C(=O)NC2CCCCC2)CC[C@H]1CC(=O)NCC[NH+](C)C. The molecule has 0 aromatic carbocycles. The molecule has 2 atom stereocenters. The van der Waals surface area contributed by atoms with Crippen molar-refractivity contribution in [2.75, 3.05) is 40.3 Å². The third kappa shape index (κ3) is 6.78. The number of quaternary nitrogens is 1. The molecule has 3 amide bonds. The molecule has 0 spiro atoms. The number of likely N-dealkylation sites (tertiary alicyclic amines) is 1. The van der Waals surface area contributed by atoms with Gasteiger partial charge < -0.3 is 20.4 Å². The molecule has 3 N–H and O–H groups in total. The van der Waals surface area contributed by atoms with Crippen molar-refractivity contribution in [3.8, 4) is 0 Å². The summed E-state index contributed by atoms with van der Waals surface area (Å²) in [5, 5.41) is 6.27. The van der Waals surface area contributed by atoms with E-state index in [1.807, 2.05) is 4.90 Å². The van der Waals surface area contributed by atoms with Crippen molar-refractivity contribution >= 4 is 11.9 Å². The van der Waals surface area contributed by atoms with Gasteiger partial charge in [0, 0.05) is 25.6 Å². The van der Waals surface area contributed by atoms with Crippen LogP contribution in [0.2, 0.25) is 0 Å². The molecular formula is C20H39N4O2+. The van der Waals surface area contributed by atoms with Gasteiger partial charge >= 0.3 is 6.03 Å². The second-order valence-corrected chi connectivity index (χ2v) is 8.46. The van der Waals surface area contributed by atoms with Gasteiger partial charge in [0.2, 0.25) is 5.91 Å². The van der Waals surface area contributed by atoms with Crippen LogP contribution in [0, 0.1) is 11.8 Å². The Kier molecular flexibility index (Phi) is 8.69. The Hall–Kier alpha value is -1.30. The van der Waals surface area contributed by atoms with Crippen LogP contribution in [0.1, 0.15) is 58.3 Å². The first-order valence-electron chi connectivity index (χ1n) is 10.6. The van der Waals surface area contributed by atoms with Gasteiger partial charge in [0.05, 0.1) is 27.2 Å². The highest BCUT2D eigenvalue weighted by molar-refractivity contribution is 5.76. The molecule has 2 rings (SSSR count). The summed E-state index contributed by atoms with van der Waals surface area (Å²) < 4.78 is 0. The van der Waals surface area contributed by atoms with E-state index in [0.717, 1.165) is 51.9 Å². The van der Waals surface area contributed by atoms with Gasteiger partial charge in [0.15, 0.2) is 0 Å². The molecule has 6 heteroatoms. The number of urea groups is 1. The van der Waals surface area contributed by atoms with Crippen LogP contribution in [-0.2, 0) is 4.79 Å². The maximum atomic E-state index is 12.6. The van der Waals surface area contributed by atoms with E-state index in [9.17, 15) is 9.59 Å². The van der Waals surface area contributed by atoms with Crippen molar-refractivity contribution in [2.45, 2.75) is 64.3 Å². The third-order valence-electron chi connectivity index (χ3n) is 6.03. The molecule has 2 aliphatic rings. The van der Waals surface area contributed by atoms with E-state index < -0.39 is 0 Å². The number of hydrogen-bond donors (Lipinski definition) is 3. The van der Waals surface area contributed by atoms with Crippen molar-refractivity contribution in [1.82, 2.24) is 15.5 Å². The summed E-state index contributed by atoms with van der Waals surface area (Å²) in [4.78, 5) is 28.1. The maximum Gasteiger partial charge on any atom is 0.317 e. The summed E-state index contributed by atoms with van der Waals surface area (Å²) in [5.74, 6) is 0.978. The summed E-state index contributed by atoms with van der Waals surface area (Å²) in [6.45, 7) is 5.42. The quantitative estimate of drug-likeness (QED) is 0.629. The van der Waals surface area contributed by atoms with Crippen LogP contribution in [0.5, 0.6) is 0 Å². The van der Waals surface area contributed by atoms with Gasteiger partial charge in [-0.25, -0.2) is 4.79 Å². The molecule has 0 radical (unpaired) electrons. The van der Waals surface area contributed by atoms with Gasteiger partial charge in [-0.05, 0) is 31.1 Å². The van der Waals surface area contributed by atoms with Crippen LogP contribution in [0.25, 0.3) is 0 Å². The van der Waals surface area contributed by atoms with E-state index in [-0.39, 0.29) is 11.9 Å². The van der Waals surface area contributed by atoms with Gasteiger partial charge in [-0.15, -0.1) is 0 Å². The molecular weight excluding hydrogens is 328 g/mol. The average molecular weight is 368 g/mol. The molecule has 1 aliphatic carbocycles. The lowest BCUT2D eigenvalue weighted by atomic mass is 9.81. The molecule has 1 aliphatic heterocycles. The Morgan fingerprint density at radius 2 is 1.81 bits per heavy atom. The molecule has 26 heavy (non-hydrogen) atoms. The summed E-state index contributed by atoms with van der Waals surface area (Å²) in [6.07, 6.45) is 8.55. The zero-order valence-corrected chi connectivity index (χ0v) is 17.0. The average Bonchev–Trinajstić information content (AvgIpc) is 2.62. The molecule has 0 aromatic rings. The van der Waals surface area contributed by atoms with Crippen molar-refractivity contribution in [3.05, 3.63) is 0 Å². The molecule has 2 fully saturated rings. The Balaban J connectivity index is 1.76. The smallest absolute Gasteiger partial charge is 0.317 e. The zero-order chi connectivity index (χ0) is 18.9. The largest absolute Gasteiger partial charge is 0.350 e. The molecule has 1 saturated heterocycles. The Morgan fingerprint density at radius 3 is 2.46 bits per heavy atom. The molecule has 1 heterocycles. The van der Waals surface area contributed by atoms with E-state index >= 15 is 0 Å². The Bertz CT molecular complexity index is 449. The first-order chi connectivity index (χ1) is 12.5. The van der Waals surface area contributed by atoms with E-state index in [1.165, 1.54) is 24.2 Å². The summed E-state index contributed by atoms with van der Waals surface area (Å²) in [6, 6.07) is 0.464. The fourth-order valence-electron chi connectivity index (χ4n) is 4.27. The van der Waals surface area contributed by atoms with E-state index in [0.29, 0.717) is 24.3 Å². The predicted molar refractivity (Wildman–Crippen MR) is 104 cm³/mol. The number of carbonyl (C=O) groups is 2. The standard InChI is InChI=1S/C20H38N4O2/c1-4-16-15-24(20(26)22-18-8-6-5-7-9-18)12-10-17(16)14-19(25)21-11-13-23(2)3/h16-18H,4-15H2,1-3H3,(H,21,25)(H,22,26)/p+1/t16-,17-/m0/s1. The second-order valence-electron chi connectivity index (χ2n) is 8.46. The lowest BCUT2D eigenvalue weighted by Gasteiger charge is -2.39. The first-order valence-corrected chi connectivity index (χ1v) is 10.6. The lowest BCUT2D eigenvalue weighted by Crippen LogP contribution is -3.06. The van der Waals surface area contributed by atoms with Crippen LogP contribution in [0.15, 0.2) is 0 Å². The van der Waals surface area contributed by atoms with Crippen LogP contribution < -0.4 is 15.5 Å².